The summed E-state index contributed by atoms with van der Waals surface area (Å²) in [4.78, 5) is 20.5. The van der Waals surface area contributed by atoms with Crippen LogP contribution < -0.4 is 0 Å². The van der Waals surface area contributed by atoms with E-state index in [2.05, 4.69) is 24.6 Å². The van der Waals surface area contributed by atoms with Crippen molar-refractivity contribution >= 4 is 28.0 Å². The minimum atomic E-state index is -0.0297. The summed E-state index contributed by atoms with van der Waals surface area (Å²) in [7, 11) is 7.58. The van der Waals surface area contributed by atoms with Gasteiger partial charge in [-0.25, -0.2) is 4.98 Å². The molecule has 7 heteroatoms. The zero-order chi connectivity index (χ0) is 17.4. The summed E-state index contributed by atoms with van der Waals surface area (Å²) in [5.74, 6) is 0.871. The zero-order valence-corrected chi connectivity index (χ0v) is 14.7. The Morgan fingerprint density at radius 1 is 1.17 bits per heavy atom. The highest BCUT2D eigenvalue weighted by atomic mass is 16.2. The molecule has 1 aromatic carbocycles. The second kappa shape index (κ2) is 6.16. The van der Waals surface area contributed by atoms with Crippen molar-refractivity contribution in [3.05, 3.63) is 29.6 Å². The Bertz CT molecular complexity index is 912. The smallest absolute Gasteiger partial charge is 0.253 e. The molecule has 2 heterocycles. The summed E-state index contributed by atoms with van der Waals surface area (Å²) in [6.07, 6.45) is 0. The first kappa shape index (κ1) is 16.3. The van der Waals surface area contributed by atoms with E-state index in [1.54, 1.807) is 25.1 Å². The number of rotatable bonds is 4. The van der Waals surface area contributed by atoms with Gasteiger partial charge in [-0.05, 0) is 39.2 Å². The van der Waals surface area contributed by atoms with Crippen molar-refractivity contribution in [1.82, 2.24) is 29.5 Å². The molecule has 0 atom stereocenters. The Balaban J connectivity index is 2.23. The normalized spacial score (nSPS) is 11.6. The molecule has 0 radical (unpaired) electrons. The van der Waals surface area contributed by atoms with Gasteiger partial charge in [-0.2, -0.15) is 0 Å². The van der Waals surface area contributed by atoms with Gasteiger partial charge in [0, 0.05) is 38.1 Å². The lowest BCUT2D eigenvalue weighted by Crippen LogP contribution is -2.21. The Morgan fingerprint density at radius 2 is 1.92 bits per heavy atom. The average Bonchev–Trinajstić information content (AvgIpc) is 2.87. The van der Waals surface area contributed by atoms with Gasteiger partial charge in [0.05, 0.1) is 11.0 Å². The fourth-order valence-corrected chi connectivity index (χ4v) is 2.76. The average molecular weight is 326 g/mol. The maximum Gasteiger partial charge on any atom is 0.253 e. The van der Waals surface area contributed by atoms with Crippen LogP contribution >= 0.6 is 0 Å². The predicted octanol–water partition coefficient (Wildman–Crippen LogP) is 1.55. The summed E-state index contributed by atoms with van der Waals surface area (Å²) in [6.45, 7) is 3.67. The lowest BCUT2D eigenvalue weighted by atomic mass is 10.1. The van der Waals surface area contributed by atoms with E-state index in [0.717, 1.165) is 35.3 Å². The number of hydrogen-bond donors (Lipinski definition) is 0. The van der Waals surface area contributed by atoms with E-state index in [4.69, 9.17) is 0 Å². The molecule has 0 aliphatic heterocycles. The van der Waals surface area contributed by atoms with Crippen LogP contribution in [0.4, 0.5) is 0 Å². The first-order valence-electron chi connectivity index (χ1n) is 7.88. The Labute approximate surface area is 140 Å². The van der Waals surface area contributed by atoms with Gasteiger partial charge >= 0.3 is 0 Å². The minimum Gasteiger partial charge on any atom is -0.345 e. The van der Waals surface area contributed by atoms with Crippen LogP contribution in [0.2, 0.25) is 0 Å². The summed E-state index contributed by atoms with van der Waals surface area (Å²) in [5, 5.41) is 9.39. The van der Waals surface area contributed by atoms with E-state index in [0.29, 0.717) is 11.2 Å². The molecule has 0 fully saturated rings. The molecule has 24 heavy (non-hydrogen) atoms. The number of aryl methyl sites for hydroxylation is 1. The molecule has 7 nitrogen and oxygen atoms in total. The van der Waals surface area contributed by atoms with Gasteiger partial charge in [-0.15, -0.1) is 10.2 Å². The van der Waals surface area contributed by atoms with Gasteiger partial charge in [0.25, 0.3) is 5.91 Å². The Morgan fingerprint density at radius 3 is 2.58 bits per heavy atom. The maximum absolute atomic E-state index is 12.3. The van der Waals surface area contributed by atoms with Crippen LogP contribution in [0.5, 0.6) is 0 Å². The molecule has 0 unspecified atom stereocenters. The van der Waals surface area contributed by atoms with Crippen molar-refractivity contribution in [2.75, 3.05) is 34.7 Å². The number of carbonyl (C=O) groups is 1. The van der Waals surface area contributed by atoms with Crippen molar-refractivity contribution < 1.29 is 4.79 Å². The number of likely N-dealkylation sites (N-methyl/N-ethyl adjacent to an activating group) is 1. The highest BCUT2D eigenvalue weighted by Gasteiger charge is 2.16. The van der Waals surface area contributed by atoms with E-state index in [-0.39, 0.29) is 5.91 Å². The standard InChI is InChI=1S/C17H22N6O/c1-11-18-16-15(23(11)9-8-21(2)3)13-10-12(17(24)22(4)5)6-7-14(13)19-20-16/h6-7,10H,8-9H2,1-5H3. The highest BCUT2D eigenvalue weighted by molar-refractivity contribution is 6.05. The molecule has 3 aromatic rings. The summed E-state index contributed by atoms with van der Waals surface area (Å²) in [5.41, 5.74) is 2.96. The Hall–Kier alpha value is -2.54. The van der Waals surface area contributed by atoms with Crippen LogP contribution in [0.25, 0.3) is 22.1 Å². The lowest BCUT2D eigenvalue weighted by Gasteiger charge is -2.13. The van der Waals surface area contributed by atoms with Crippen LogP contribution in [0.15, 0.2) is 18.2 Å². The van der Waals surface area contributed by atoms with Gasteiger partial charge < -0.3 is 14.4 Å². The monoisotopic (exact) mass is 326 g/mol. The van der Waals surface area contributed by atoms with E-state index < -0.39 is 0 Å². The molecule has 0 saturated carbocycles. The quantitative estimate of drug-likeness (QED) is 0.728. The second-order valence-corrected chi connectivity index (χ2v) is 6.42. The molecule has 2 aromatic heterocycles. The first-order valence-corrected chi connectivity index (χ1v) is 7.88. The van der Waals surface area contributed by atoms with E-state index >= 15 is 0 Å². The number of aromatic nitrogens is 4. The number of nitrogens with zero attached hydrogens (tertiary/aromatic N) is 6. The summed E-state index contributed by atoms with van der Waals surface area (Å²) in [6, 6.07) is 5.53. The number of benzene rings is 1. The molecule has 3 rings (SSSR count). The topological polar surface area (TPSA) is 67.2 Å². The molecule has 0 saturated heterocycles. The predicted molar refractivity (Wildman–Crippen MR) is 94.1 cm³/mol. The van der Waals surface area contributed by atoms with Crippen LogP contribution in [0.1, 0.15) is 16.2 Å². The van der Waals surface area contributed by atoms with Gasteiger partial charge in [0.2, 0.25) is 5.65 Å². The van der Waals surface area contributed by atoms with E-state index in [1.165, 1.54) is 0 Å². The SMILES string of the molecule is Cc1nc2nnc3ccc(C(=O)N(C)C)cc3c2n1CCN(C)C. The first-order chi connectivity index (χ1) is 11.4. The van der Waals surface area contributed by atoms with Gasteiger partial charge in [-0.3, -0.25) is 4.79 Å². The van der Waals surface area contributed by atoms with Gasteiger partial charge in [0.1, 0.15) is 5.82 Å². The van der Waals surface area contributed by atoms with Crippen molar-refractivity contribution in [2.24, 2.45) is 0 Å². The number of hydrogen-bond acceptors (Lipinski definition) is 5. The second-order valence-electron chi connectivity index (χ2n) is 6.42. The molecular weight excluding hydrogens is 304 g/mol. The van der Waals surface area contributed by atoms with Crippen molar-refractivity contribution in [2.45, 2.75) is 13.5 Å². The number of carbonyl (C=O) groups excluding carboxylic acids is 1. The molecule has 1 amide bonds. The van der Waals surface area contributed by atoms with E-state index in [1.807, 2.05) is 33.2 Å². The largest absolute Gasteiger partial charge is 0.345 e. The van der Waals surface area contributed by atoms with Crippen LogP contribution in [-0.2, 0) is 6.54 Å². The molecule has 0 spiro atoms. The molecule has 0 aliphatic carbocycles. The van der Waals surface area contributed by atoms with Crippen molar-refractivity contribution in [3.63, 3.8) is 0 Å². The summed E-state index contributed by atoms with van der Waals surface area (Å²) < 4.78 is 2.15. The number of imidazole rings is 1. The minimum absolute atomic E-state index is 0.0297. The molecule has 126 valence electrons. The number of fused-ring (bicyclic) bond motifs is 3. The third-order valence-corrected chi connectivity index (χ3v) is 4.07. The molecule has 0 N–H and O–H groups in total. The van der Waals surface area contributed by atoms with Crippen LogP contribution in [-0.4, -0.2) is 70.2 Å². The van der Waals surface area contributed by atoms with E-state index in [9.17, 15) is 4.79 Å². The lowest BCUT2D eigenvalue weighted by molar-refractivity contribution is 0.0828. The molecular formula is C17H22N6O. The number of amides is 1. The van der Waals surface area contributed by atoms with Crippen LogP contribution in [0, 0.1) is 6.92 Å². The van der Waals surface area contributed by atoms with Gasteiger partial charge in [-0.1, -0.05) is 0 Å². The fourth-order valence-electron chi connectivity index (χ4n) is 2.76. The third-order valence-electron chi connectivity index (χ3n) is 4.07. The van der Waals surface area contributed by atoms with Crippen molar-refractivity contribution in [1.29, 1.82) is 0 Å². The molecule has 0 aliphatic rings. The molecule has 0 bridgehead atoms. The zero-order valence-electron chi connectivity index (χ0n) is 14.7. The highest BCUT2D eigenvalue weighted by Crippen LogP contribution is 2.24. The van der Waals surface area contributed by atoms with Crippen molar-refractivity contribution in [3.8, 4) is 0 Å². The van der Waals surface area contributed by atoms with Gasteiger partial charge in [0.15, 0.2) is 0 Å². The maximum atomic E-state index is 12.3. The Kier molecular flexibility index (Phi) is 4.19. The summed E-state index contributed by atoms with van der Waals surface area (Å²) >= 11 is 0. The van der Waals surface area contributed by atoms with Crippen LogP contribution in [0.3, 0.4) is 0 Å². The fraction of sp³-hybridized carbons (Fsp3) is 0.412. The third kappa shape index (κ3) is 2.82.